The van der Waals surface area contributed by atoms with Crippen molar-refractivity contribution in [2.75, 3.05) is 31.9 Å². The summed E-state index contributed by atoms with van der Waals surface area (Å²) < 4.78 is 10.9. The number of likely N-dealkylation sites (tertiary alicyclic amines) is 1. The van der Waals surface area contributed by atoms with Crippen LogP contribution in [0.2, 0.25) is 0 Å². The monoisotopic (exact) mass is 348 g/mol. The highest BCUT2D eigenvalue weighted by Crippen LogP contribution is 2.42. The molecule has 0 bridgehead atoms. The zero-order chi connectivity index (χ0) is 16.5. The Bertz CT molecular complexity index is 620. The molecule has 5 nitrogen and oxygen atoms in total. The number of hydrogen-bond acceptors (Lipinski definition) is 5. The lowest BCUT2D eigenvalue weighted by molar-refractivity contribution is -0.119. The van der Waals surface area contributed by atoms with Crippen molar-refractivity contribution in [3.05, 3.63) is 23.8 Å². The van der Waals surface area contributed by atoms with Crippen LogP contribution in [0, 0.1) is 11.8 Å². The third kappa shape index (κ3) is 3.49. The minimum atomic E-state index is 0.170. The molecule has 0 spiro atoms. The van der Waals surface area contributed by atoms with E-state index >= 15 is 0 Å². The van der Waals surface area contributed by atoms with Crippen molar-refractivity contribution in [1.82, 2.24) is 10.2 Å². The van der Waals surface area contributed by atoms with Gasteiger partial charge < -0.3 is 14.8 Å². The van der Waals surface area contributed by atoms with Crippen LogP contribution in [0.1, 0.15) is 18.4 Å². The summed E-state index contributed by atoms with van der Waals surface area (Å²) in [5.74, 6) is 3.79. The molecular weight excluding hydrogens is 324 g/mol. The maximum Gasteiger partial charge on any atom is 0.231 e. The Morgan fingerprint density at radius 3 is 2.92 bits per heavy atom. The van der Waals surface area contributed by atoms with Gasteiger partial charge in [0, 0.05) is 25.7 Å². The zero-order valence-corrected chi connectivity index (χ0v) is 14.8. The van der Waals surface area contributed by atoms with Crippen molar-refractivity contribution in [3.63, 3.8) is 0 Å². The van der Waals surface area contributed by atoms with Gasteiger partial charge in [-0.25, -0.2) is 0 Å². The van der Waals surface area contributed by atoms with Gasteiger partial charge in [-0.2, -0.15) is 11.8 Å². The van der Waals surface area contributed by atoms with Crippen LogP contribution in [0.3, 0.4) is 0 Å². The summed E-state index contributed by atoms with van der Waals surface area (Å²) in [6.45, 7) is 3.23. The van der Waals surface area contributed by atoms with E-state index < -0.39 is 0 Å². The van der Waals surface area contributed by atoms with Crippen LogP contribution in [0.15, 0.2) is 18.2 Å². The predicted molar refractivity (Wildman–Crippen MR) is 94.4 cm³/mol. The summed E-state index contributed by atoms with van der Waals surface area (Å²) in [5, 5.41) is 3.26. The lowest BCUT2D eigenvalue weighted by Crippen LogP contribution is -2.42. The largest absolute Gasteiger partial charge is 0.454 e. The molecule has 24 heavy (non-hydrogen) atoms. The van der Waals surface area contributed by atoms with Crippen LogP contribution in [0.5, 0.6) is 11.5 Å². The van der Waals surface area contributed by atoms with E-state index in [1.807, 2.05) is 12.3 Å². The number of fused-ring (bicyclic) bond motifs is 1. The first-order chi connectivity index (χ1) is 11.7. The van der Waals surface area contributed by atoms with Crippen molar-refractivity contribution in [1.29, 1.82) is 0 Å². The summed E-state index contributed by atoms with van der Waals surface area (Å²) in [4.78, 5) is 14.5. The second-order valence-corrected chi connectivity index (χ2v) is 7.86. The van der Waals surface area contributed by atoms with Crippen LogP contribution >= 0.6 is 11.8 Å². The SMILES string of the molecule is CSCC(=O)NC1CN(Cc2ccc3c(c2)OCO3)CC1C1CC1. The van der Waals surface area contributed by atoms with Gasteiger partial charge in [-0.15, -0.1) is 0 Å². The van der Waals surface area contributed by atoms with Crippen LogP contribution in [0.25, 0.3) is 0 Å². The summed E-state index contributed by atoms with van der Waals surface area (Å²) in [6, 6.07) is 6.48. The van der Waals surface area contributed by atoms with Gasteiger partial charge in [0.2, 0.25) is 12.7 Å². The molecular formula is C18H24N2O3S. The quantitative estimate of drug-likeness (QED) is 0.853. The fourth-order valence-corrected chi connectivity index (χ4v) is 4.22. The molecule has 2 heterocycles. The van der Waals surface area contributed by atoms with Gasteiger partial charge in [0.05, 0.1) is 5.75 Å². The Hall–Kier alpha value is -1.40. The second-order valence-electron chi connectivity index (χ2n) is 6.99. The molecule has 2 atom stereocenters. The Balaban J connectivity index is 1.40. The van der Waals surface area contributed by atoms with Crippen molar-refractivity contribution >= 4 is 17.7 Å². The predicted octanol–water partition coefficient (Wildman–Crippen LogP) is 2.10. The molecule has 1 aromatic rings. The highest BCUT2D eigenvalue weighted by Gasteiger charge is 2.42. The molecule has 6 heteroatoms. The second kappa shape index (κ2) is 6.84. The maximum atomic E-state index is 12.0. The Morgan fingerprint density at radius 1 is 1.29 bits per heavy atom. The minimum absolute atomic E-state index is 0.170. The summed E-state index contributed by atoms with van der Waals surface area (Å²) >= 11 is 1.58. The Labute approximate surface area is 147 Å². The van der Waals surface area contributed by atoms with E-state index in [4.69, 9.17) is 9.47 Å². The smallest absolute Gasteiger partial charge is 0.231 e. The molecule has 1 N–H and O–H groups in total. The lowest BCUT2D eigenvalue weighted by Gasteiger charge is -2.19. The molecule has 1 saturated carbocycles. The number of thioether (sulfide) groups is 1. The first kappa shape index (κ1) is 16.1. The van der Waals surface area contributed by atoms with Gasteiger partial charge in [-0.3, -0.25) is 9.69 Å². The topological polar surface area (TPSA) is 50.8 Å². The standard InChI is InChI=1S/C18H24N2O3S/c1-24-10-18(21)19-15-9-20(8-14(15)13-3-4-13)7-12-2-5-16-17(6-12)23-11-22-16/h2,5-6,13-15H,3-4,7-11H2,1H3,(H,19,21). The number of carbonyl (C=O) groups is 1. The molecule has 4 rings (SSSR count). The Kier molecular flexibility index (Phi) is 4.59. The first-order valence-electron chi connectivity index (χ1n) is 8.62. The number of ether oxygens (including phenoxy) is 2. The molecule has 1 amide bonds. The molecule has 0 aromatic heterocycles. The van der Waals surface area contributed by atoms with Crippen LogP contribution in [-0.4, -0.2) is 48.7 Å². The fraction of sp³-hybridized carbons (Fsp3) is 0.611. The van der Waals surface area contributed by atoms with Gasteiger partial charge in [-0.05, 0) is 48.6 Å². The van der Waals surface area contributed by atoms with E-state index in [9.17, 15) is 4.79 Å². The minimum Gasteiger partial charge on any atom is -0.454 e. The molecule has 2 unspecified atom stereocenters. The number of amides is 1. The molecule has 1 saturated heterocycles. The van der Waals surface area contributed by atoms with Crippen molar-refractivity contribution in [2.24, 2.45) is 11.8 Å². The van der Waals surface area contributed by atoms with E-state index in [-0.39, 0.29) is 5.91 Å². The van der Waals surface area contributed by atoms with Crippen molar-refractivity contribution in [2.45, 2.75) is 25.4 Å². The van der Waals surface area contributed by atoms with E-state index in [0.29, 0.717) is 24.5 Å². The van der Waals surface area contributed by atoms with Gasteiger partial charge >= 0.3 is 0 Å². The van der Waals surface area contributed by atoms with Crippen LogP contribution < -0.4 is 14.8 Å². The van der Waals surface area contributed by atoms with Crippen molar-refractivity contribution < 1.29 is 14.3 Å². The molecule has 0 radical (unpaired) electrons. The van der Waals surface area contributed by atoms with Gasteiger partial charge in [0.25, 0.3) is 0 Å². The van der Waals surface area contributed by atoms with E-state index in [0.717, 1.165) is 37.1 Å². The molecule has 1 aliphatic carbocycles. The normalized spacial score (nSPS) is 25.9. The average molecular weight is 348 g/mol. The van der Waals surface area contributed by atoms with E-state index in [1.54, 1.807) is 11.8 Å². The Morgan fingerprint density at radius 2 is 2.12 bits per heavy atom. The van der Waals surface area contributed by atoms with E-state index in [1.165, 1.54) is 18.4 Å². The molecule has 2 aliphatic heterocycles. The van der Waals surface area contributed by atoms with Crippen LogP contribution in [-0.2, 0) is 11.3 Å². The summed E-state index contributed by atoms with van der Waals surface area (Å²) in [6.07, 6.45) is 4.60. The summed E-state index contributed by atoms with van der Waals surface area (Å²) in [5.41, 5.74) is 1.24. The number of nitrogens with one attached hydrogen (secondary N) is 1. The highest BCUT2D eigenvalue weighted by molar-refractivity contribution is 7.99. The van der Waals surface area contributed by atoms with Crippen molar-refractivity contribution in [3.8, 4) is 11.5 Å². The van der Waals surface area contributed by atoms with Gasteiger partial charge in [0.15, 0.2) is 11.5 Å². The molecule has 2 fully saturated rings. The number of carbonyl (C=O) groups excluding carboxylic acids is 1. The zero-order valence-electron chi connectivity index (χ0n) is 14.0. The number of hydrogen-bond donors (Lipinski definition) is 1. The third-order valence-corrected chi connectivity index (χ3v) is 5.68. The molecule has 3 aliphatic rings. The fourth-order valence-electron chi connectivity index (χ4n) is 3.87. The number of rotatable bonds is 6. The van der Waals surface area contributed by atoms with Gasteiger partial charge in [0.1, 0.15) is 0 Å². The number of nitrogens with zero attached hydrogens (tertiary/aromatic N) is 1. The maximum absolute atomic E-state index is 12.0. The van der Waals surface area contributed by atoms with Gasteiger partial charge in [-0.1, -0.05) is 6.07 Å². The molecule has 130 valence electrons. The third-order valence-electron chi connectivity index (χ3n) is 5.13. The molecule has 1 aromatic carbocycles. The van der Waals surface area contributed by atoms with E-state index in [2.05, 4.69) is 22.3 Å². The lowest BCUT2D eigenvalue weighted by atomic mass is 9.98. The highest BCUT2D eigenvalue weighted by atomic mass is 32.2. The van der Waals surface area contributed by atoms with Crippen LogP contribution in [0.4, 0.5) is 0 Å². The summed E-state index contributed by atoms with van der Waals surface area (Å²) in [7, 11) is 0. The number of benzene rings is 1. The average Bonchev–Trinajstić information content (AvgIpc) is 3.17. The first-order valence-corrected chi connectivity index (χ1v) is 10.0.